The number of amides is 1. The van der Waals surface area contributed by atoms with Crippen LogP contribution in [0.25, 0.3) is 0 Å². The molecule has 1 atom stereocenters. The third kappa shape index (κ3) is 3.56. The van der Waals surface area contributed by atoms with Crippen molar-refractivity contribution in [1.82, 2.24) is 10.2 Å². The summed E-state index contributed by atoms with van der Waals surface area (Å²) in [6, 6.07) is 8.25. The summed E-state index contributed by atoms with van der Waals surface area (Å²) in [5.74, 6) is 0.451. The maximum atomic E-state index is 12.1. The lowest BCUT2D eigenvalue weighted by Gasteiger charge is -2.20. The standard InChI is InChI=1S/C14H19BrN2O/c1-17(14(18)12-5-7-16-10-12)8-6-11-3-2-4-13(15)9-11/h2-4,9,12,16H,5-8,10H2,1H3. The van der Waals surface area contributed by atoms with E-state index in [0.29, 0.717) is 0 Å². The SMILES string of the molecule is CN(CCc1cccc(Br)c1)C(=O)C1CCNC1. The number of carbonyl (C=O) groups excluding carboxylic acids is 1. The molecule has 1 aromatic rings. The molecule has 0 aliphatic carbocycles. The summed E-state index contributed by atoms with van der Waals surface area (Å²) in [5, 5.41) is 3.24. The lowest BCUT2D eigenvalue weighted by molar-refractivity contribution is -0.133. The summed E-state index contributed by atoms with van der Waals surface area (Å²) in [6.07, 6.45) is 1.88. The molecule has 0 bridgehead atoms. The number of nitrogens with one attached hydrogen (secondary N) is 1. The number of nitrogens with zero attached hydrogens (tertiary/aromatic N) is 1. The van der Waals surface area contributed by atoms with Gasteiger partial charge in [-0.2, -0.15) is 0 Å². The van der Waals surface area contributed by atoms with Crippen LogP contribution < -0.4 is 5.32 Å². The van der Waals surface area contributed by atoms with Gasteiger partial charge in [0.25, 0.3) is 0 Å². The van der Waals surface area contributed by atoms with E-state index in [0.717, 1.165) is 36.9 Å². The van der Waals surface area contributed by atoms with E-state index in [1.54, 1.807) is 0 Å². The van der Waals surface area contributed by atoms with Gasteiger partial charge in [0.15, 0.2) is 0 Å². The van der Waals surface area contributed by atoms with Gasteiger partial charge in [0.2, 0.25) is 5.91 Å². The van der Waals surface area contributed by atoms with Crippen molar-refractivity contribution in [3.8, 4) is 0 Å². The fourth-order valence-electron chi connectivity index (χ4n) is 2.28. The lowest BCUT2D eigenvalue weighted by Crippen LogP contribution is -2.35. The molecule has 1 aliphatic heterocycles. The zero-order valence-electron chi connectivity index (χ0n) is 10.7. The Labute approximate surface area is 117 Å². The lowest BCUT2D eigenvalue weighted by atomic mass is 10.1. The highest BCUT2D eigenvalue weighted by atomic mass is 79.9. The Balaban J connectivity index is 1.84. The molecule has 1 unspecified atom stereocenters. The first-order valence-corrected chi connectivity index (χ1v) is 7.16. The first kappa shape index (κ1) is 13.6. The topological polar surface area (TPSA) is 32.3 Å². The predicted molar refractivity (Wildman–Crippen MR) is 76.5 cm³/mol. The number of halogens is 1. The molecule has 98 valence electrons. The summed E-state index contributed by atoms with van der Waals surface area (Å²) < 4.78 is 1.09. The van der Waals surface area contributed by atoms with Gasteiger partial charge in [-0.1, -0.05) is 28.1 Å². The molecule has 1 N–H and O–H groups in total. The van der Waals surface area contributed by atoms with Crippen molar-refractivity contribution >= 4 is 21.8 Å². The fourth-order valence-corrected chi connectivity index (χ4v) is 2.72. The quantitative estimate of drug-likeness (QED) is 0.923. The van der Waals surface area contributed by atoms with Gasteiger partial charge in [-0.3, -0.25) is 4.79 Å². The van der Waals surface area contributed by atoms with Crippen molar-refractivity contribution in [3.05, 3.63) is 34.3 Å². The Bertz CT molecular complexity index is 416. The number of carbonyl (C=O) groups is 1. The Morgan fingerprint density at radius 1 is 1.56 bits per heavy atom. The fraction of sp³-hybridized carbons (Fsp3) is 0.500. The molecule has 3 nitrogen and oxygen atoms in total. The molecule has 0 spiro atoms. The minimum absolute atomic E-state index is 0.178. The maximum absolute atomic E-state index is 12.1. The molecule has 1 amide bonds. The molecule has 1 saturated heterocycles. The maximum Gasteiger partial charge on any atom is 0.226 e. The van der Waals surface area contributed by atoms with Crippen molar-refractivity contribution in [3.63, 3.8) is 0 Å². The van der Waals surface area contributed by atoms with Crippen LogP contribution in [0.15, 0.2) is 28.7 Å². The normalized spacial score (nSPS) is 18.9. The van der Waals surface area contributed by atoms with Crippen molar-refractivity contribution in [2.45, 2.75) is 12.8 Å². The Morgan fingerprint density at radius 2 is 2.39 bits per heavy atom. The first-order valence-electron chi connectivity index (χ1n) is 6.37. The van der Waals surface area contributed by atoms with E-state index in [1.165, 1.54) is 5.56 Å². The van der Waals surface area contributed by atoms with Crippen LogP contribution in [-0.2, 0) is 11.2 Å². The minimum atomic E-state index is 0.178. The van der Waals surface area contributed by atoms with Gasteiger partial charge in [0.05, 0.1) is 5.92 Å². The van der Waals surface area contributed by atoms with Crippen molar-refractivity contribution in [2.75, 3.05) is 26.7 Å². The van der Waals surface area contributed by atoms with Gasteiger partial charge in [-0.05, 0) is 37.1 Å². The molecule has 1 aliphatic rings. The third-order valence-corrected chi connectivity index (χ3v) is 3.90. The van der Waals surface area contributed by atoms with Crippen LogP contribution >= 0.6 is 15.9 Å². The predicted octanol–water partition coefficient (Wildman–Crippen LogP) is 2.06. The van der Waals surface area contributed by atoms with Crippen LogP contribution in [0.5, 0.6) is 0 Å². The second kappa shape index (κ2) is 6.34. The van der Waals surface area contributed by atoms with Crippen LogP contribution in [0.1, 0.15) is 12.0 Å². The van der Waals surface area contributed by atoms with Crippen LogP contribution in [0.3, 0.4) is 0 Å². The monoisotopic (exact) mass is 310 g/mol. The van der Waals surface area contributed by atoms with E-state index in [9.17, 15) is 4.79 Å². The largest absolute Gasteiger partial charge is 0.345 e. The van der Waals surface area contributed by atoms with Crippen molar-refractivity contribution < 1.29 is 4.79 Å². The molecule has 0 aromatic heterocycles. The van der Waals surface area contributed by atoms with Crippen LogP contribution in [0.4, 0.5) is 0 Å². The Kier molecular flexibility index (Phi) is 4.78. The van der Waals surface area contributed by atoms with Crippen LogP contribution in [0.2, 0.25) is 0 Å². The highest BCUT2D eigenvalue weighted by Crippen LogP contribution is 2.14. The minimum Gasteiger partial charge on any atom is -0.345 e. The molecule has 2 rings (SSSR count). The van der Waals surface area contributed by atoms with Crippen LogP contribution in [-0.4, -0.2) is 37.5 Å². The number of benzene rings is 1. The summed E-state index contributed by atoms with van der Waals surface area (Å²) >= 11 is 3.46. The first-order chi connectivity index (χ1) is 8.66. The molecule has 0 saturated carbocycles. The average molecular weight is 311 g/mol. The molecule has 4 heteroatoms. The summed E-state index contributed by atoms with van der Waals surface area (Å²) in [4.78, 5) is 14.0. The van der Waals surface area contributed by atoms with Gasteiger partial charge >= 0.3 is 0 Å². The van der Waals surface area contributed by atoms with Gasteiger partial charge in [-0.25, -0.2) is 0 Å². The van der Waals surface area contributed by atoms with E-state index >= 15 is 0 Å². The zero-order chi connectivity index (χ0) is 13.0. The number of likely N-dealkylation sites (N-methyl/N-ethyl adjacent to an activating group) is 1. The van der Waals surface area contributed by atoms with E-state index in [1.807, 2.05) is 24.1 Å². The van der Waals surface area contributed by atoms with Gasteiger partial charge < -0.3 is 10.2 Å². The smallest absolute Gasteiger partial charge is 0.226 e. The van der Waals surface area contributed by atoms with E-state index in [-0.39, 0.29) is 11.8 Å². The number of hydrogen-bond donors (Lipinski definition) is 1. The average Bonchev–Trinajstić information content (AvgIpc) is 2.89. The van der Waals surface area contributed by atoms with Crippen molar-refractivity contribution in [2.24, 2.45) is 5.92 Å². The molecule has 0 radical (unpaired) electrons. The third-order valence-electron chi connectivity index (χ3n) is 3.41. The van der Waals surface area contributed by atoms with Crippen molar-refractivity contribution in [1.29, 1.82) is 0 Å². The highest BCUT2D eigenvalue weighted by Gasteiger charge is 2.24. The molecule has 18 heavy (non-hydrogen) atoms. The molecular formula is C14H19BrN2O. The molecule has 1 aromatic carbocycles. The Hall–Kier alpha value is -0.870. The second-order valence-electron chi connectivity index (χ2n) is 4.83. The van der Waals surface area contributed by atoms with Gasteiger partial charge in [0.1, 0.15) is 0 Å². The number of rotatable bonds is 4. The van der Waals surface area contributed by atoms with E-state index in [4.69, 9.17) is 0 Å². The second-order valence-corrected chi connectivity index (χ2v) is 5.75. The summed E-state index contributed by atoms with van der Waals surface area (Å²) in [5.41, 5.74) is 1.26. The Morgan fingerprint density at radius 3 is 3.06 bits per heavy atom. The van der Waals surface area contributed by atoms with Crippen LogP contribution in [0, 0.1) is 5.92 Å². The zero-order valence-corrected chi connectivity index (χ0v) is 12.2. The molecule has 1 heterocycles. The molecule has 1 fully saturated rings. The molecular weight excluding hydrogens is 292 g/mol. The highest BCUT2D eigenvalue weighted by molar-refractivity contribution is 9.10. The van der Waals surface area contributed by atoms with E-state index < -0.39 is 0 Å². The number of hydrogen-bond acceptors (Lipinski definition) is 2. The summed E-state index contributed by atoms with van der Waals surface area (Å²) in [7, 11) is 1.90. The van der Waals surface area contributed by atoms with Gasteiger partial charge in [0, 0.05) is 24.6 Å². The van der Waals surface area contributed by atoms with Gasteiger partial charge in [-0.15, -0.1) is 0 Å². The van der Waals surface area contributed by atoms with E-state index in [2.05, 4.69) is 33.4 Å². The summed E-state index contributed by atoms with van der Waals surface area (Å²) in [6.45, 7) is 2.59.